The standard InChI is InChI=1S/C13H10F2O2/c14-13(15)11-6-2-4-9-8(7-12(16)17)3-1-5-10(9)11/h1-6,13H,7H2,(H,16,17). The van der Waals surface area contributed by atoms with E-state index in [-0.39, 0.29) is 12.0 Å². The Labute approximate surface area is 96.5 Å². The van der Waals surface area contributed by atoms with Crippen molar-refractivity contribution in [1.82, 2.24) is 0 Å². The molecule has 0 fully saturated rings. The minimum absolute atomic E-state index is 0.0604. The normalized spacial score (nSPS) is 11.0. The molecular formula is C13H10F2O2. The second-order valence-corrected chi connectivity index (χ2v) is 3.73. The molecule has 0 saturated heterocycles. The van der Waals surface area contributed by atoms with Gasteiger partial charge in [0, 0.05) is 5.56 Å². The maximum absolute atomic E-state index is 12.8. The average Bonchev–Trinajstić information content (AvgIpc) is 2.28. The highest BCUT2D eigenvalue weighted by molar-refractivity contribution is 5.91. The maximum atomic E-state index is 12.8. The molecule has 0 amide bonds. The second-order valence-electron chi connectivity index (χ2n) is 3.73. The van der Waals surface area contributed by atoms with Gasteiger partial charge in [0.1, 0.15) is 0 Å². The lowest BCUT2D eigenvalue weighted by molar-refractivity contribution is -0.136. The van der Waals surface area contributed by atoms with Crippen LogP contribution < -0.4 is 0 Å². The number of hydrogen-bond acceptors (Lipinski definition) is 1. The zero-order chi connectivity index (χ0) is 12.4. The van der Waals surface area contributed by atoms with Crippen molar-refractivity contribution in [2.24, 2.45) is 0 Å². The van der Waals surface area contributed by atoms with Crippen molar-refractivity contribution >= 4 is 16.7 Å². The summed E-state index contributed by atoms with van der Waals surface area (Å²) in [5.41, 5.74) is 0.493. The van der Waals surface area contributed by atoms with E-state index in [2.05, 4.69) is 0 Å². The Bertz CT molecular complexity index is 564. The first-order valence-corrected chi connectivity index (χ1v) is 5.10. The molecule has 0 aliphatic heterocycles. The molecule has 0 aliphatic carbocycles. The molecule has 2 aromatic carbocycles. The van der Waals surface area contributed by atoms with E-state index in [1.54, 1.807) is 24.3 Å². The zero-order valence-corrected chi connectivity index (χ0v) is 8.86. The molecule has 0 radical (unpaired) electrons. The number of hydrogen-bond donors (Lipinski definition) is 1. The highest BCUT2D eigenvalue weighted by atomic mass is 19.3. The number of fused-ring (bicyclic) bond motifs is 1. The summed E-state index contributed by atoms with van der Waals surface area (Å²) >= 11 is 0. The number of aliphatic carboxylic acids is 1. The van der Waals surface area contributed by atoms with E-state index in [0.717, 1.165) is 0 Å². The van der Waals surface area contributed by atoms with Gasteiger partial charge in [-0.1, -0.05) is 36.4 Å². The third-order valence-electron chi connectivity index (χ3n) is 2.62. The van der Waals surface area contributed by atoms with Gasteiger partial charge >= 0.3 is 5.97 Å². The van der Waals surface area contributed by atoms with E-state index in [1.807, 2.05) is 0 Å². The molecule has 2 nitrogen and oxygen atoms in total. The molecule has 0 unspecified atom stereocenters. The van der Waals surface area contributed by atoms with Crippen molar-refractivity contribution < 1.29 is 18.7 Å². The van der Waals surface area contributed by atoms with Crippen molar-refractivity contribution in [3.05, 3.63) is 47.5 Å². The Morgan fingerprint density at radius 3 is 2.41 bits per heavy atom. The Morgan fingerprint density at radius 1 is 1.12 bits per heavy atom. The fourth-order valence-electron chi connectivity index (χ4n) is 1.91. The van der Waals surface area contributed by atoms with E-state index >= 15 is 0 Å². The lowest BCUT2D eigenvalue weighted by atomic mass is 9.98. The molecule has 0 bridgehead atoms. The van der Waals surface area contributed by atoms with Crippen molar-refractivity contribution in [3.8, 4) is 0 Å². The van der Waals surface area contributed by atoms with Crippen LogP contribution >= 0.6 is 0 Å². The predicted molar refractivity (Wildman–Crippen MR) is 60.2 cm³/mol. The first kappa shape index (κ1) is 11.5. The van der Waals surface area contributed by atoms with Gasteiger partial charge in [0.05, 0.1) is 6.42 Å². The highest BCUT2D eigenvalue weighted by Gasteiger charge is 2.13. The van der Waals surface area contributed by atoms with Crippen molar-refractivity contribution in [3.63, 3.8) is 0 Å². The molecule has 4 heteroatoms. The summed E-state index contributed by atoms with van der Waals surface area (Å²) in [5, 5.41) is 9.75. The maximum Gasteiger partial charge on any atom is 0.307 e. The first-order chi connectivity index (χ1) is 8.09. The molecular weight excluding hydrogens is 226 g/mol. The Balaban J connectivity index is 2.65. The van der Waals surface area contributed by atoms with Gasteiger partial charge in [-0.2, -0.15) is 0 Å². The number of carboxylic acids is 1. The molecule has 0 saturated carbocycles. The van der Waals surface area contributed by atoms with E-state index in [4.69, 9.17) is 5.11 Å². The fraction of sp³-hybridized carbons (Fsp3) is 0.154. The van der Waals surface area contributed by atoms with Crippen LogP contribution in [0.15, 0.2) is 36.4 Å². The second kappa shape index (κ2) is 4.49. The van der Waals surface area contributed by atoms with Gasteiger partial charge in [-0.25, -0.2) is 8.78 Å². The van der Waals surface area contributed by atoms with E-state index < -0.39 is 12.4 Å². The van der Waals surface area contributed by atoms with Crippen LogP contribution in [0.4, 0.5) is 8.78 Å². The lowest BCUT2D eigenvalue weighted by Gasteiger charge is -2.08. The van der Waals surface area contributed by atoms with Gasteiger partial charge in [-0.05, 0) is 16.3 Å². The first-order valence-electron chi connectivity index (χ1n) is 5.10. The van der Waals surface area contributed by atoms with Gasteiger partial charge < -0.3 is 5.11 Å². The third-order valence-corrected chi connectivity index (χ3v) is 2.62. The summed E-state index contributed by atoms with van der Waals surface area (Å²) in [7, 11) is 0. The molecule has 2 aromatic rings. The Morgan fingerprint density at radius 2 is 1.76 bits per heavy atom. The topological polar surface area (TPSA) is 37.3 Å². The zero-order valence-electron chi connectivity index (χ0n) is 8.86. The minimum atomic E-state index is -2.56. The van der Waals surface area contributed by atoms with Gasteiger partial charge in [-0.3, -0.25) is 4.79 Å². The van der Waals surface area contributed by atoms with E-state index in [0.29, 0.717) is 16.3 Å². The van der Waals surface area contributed by atoms with Crippen molar-refractivity contribution in [2.75, 3.05) is 0 Å². The van der Waals surface area contributed by atoms with Gasteiger partial charge in [0.25, 0.3) is 6.43 Å². The molecule has 0 atom stereocenters. The summed E-state index contributed by atoms with van der Waals surface area (Å²) < 4.78 is 25.5. The van der Waals surface area contributed by atoms with Crippen LogP contribution in [0.1, 0.15) is 17.6 Å². The largest absolute Gasteiger partial charge is 0.481 e. The molecule has 88 valence electrons. The fourth-order valence-corrected chi connectivity index (χ4v) is 1.91. The summed E-state index contributed by atoms with van der Waals surface area (Å²) in [4.78, 5) is 10.7. The predicted octanol–water partition coefficient (Wildman–Crippen LogP) is 3.40. The molecule has 17 heavy (non-hydrogen) atoms. The lowest BCUT2D eigenvalue weighted by Crippen LogP contribution is -2.01. The number of halogens is 2. The van der Waals surface area contributed by atoms with E-state index in [1.165, 1.54) is 12.1 Å². The average molecular weight is 236 g/mol. The van der Waals surface area contributed by atoms with Gasteiger partial charge in [-0.15, -0.1) is 0 Å². The monoisotopic (exact) mass is 236 g/mol. The quantitative estimate of drug-likeness (QED) is 0.886. The molecule has 0 aliphatic rings. The van der Waals surface area contributed by atoms with Gasteiger partial charge in [0.2, 0.25) is 0 Å². The van der Waals surface area contributed by atoms with Crippen LogP contribution in [0.25, 0.3) is 10.8 Å². The van der Waals surface area contributed by atoms with Crippen LogP contribution in [0.2, 0.25) is 0 Å². The molecule has 0 aromatic heterocycles. The molecule has 0 heterocycles. The van der Waals surface area contributed by atoms with Crippen molar-refractivity contribution in [2.45, 2.75) is 12.8 Å². The number of benzene rings is 2. The van der Waals surface area contributed by atoms with Crippen LogP contribution in [-0.4, -0.2) is 11.1 Å². The third kappa shape index (κ3) is 2.25. The smallest absolute Gasteiger partial charge is 0.307 e. The highest BCUT2D eigenvalue weighted by Crippen LogP contribution is 2.29. The summed E-state index contributed by atoms with van der Waals surface area (Å²) in [6.45, 7) is 0. The molecule has 2 rings (SSSR count). The summed E-state index contributed by atoms with van der Waals surface area (Å²) in [6.07, 6.45) is -2.72. The Hall–Kier alpha value is -1.97. The number of alkyl halides is 2. The van der Waals surface area contributed by atoms with Crippen LogP contribution in [0.5, 0.6) is 0 Å². The summed E-state index contributed by atoms with van der Waals surface area (Å²) in [6, 6.07) is 9.38. The Kier molecular flexibility index (Phi) is 3.04. The van der Waals surface area contributed by atoms with E-state index in [9.17, 15) is 13.6 Å². The molecule has 1 N–H and O–H groups in total. The SMILES string of the molecule is O=C(O)Cc1cccc2c(C(F)F)cccc12. The summed E-state index contributed by atoms with van der Waals surface area (Å²) in [5.74, 6) is -0.972. The van der Waals surface area contributed by atoms with Crippen LogP contribution in [-0.2, 0) is 11.2 Å². The van der Waals surface area contributed by atoms with Crippen LogP contribution in [0, 0.1) is 0 Å². The van der Waals surface area contributed by atoms with Gasteiger partial charge in [0.15, 0.2) is 0 Å². The number of rotatable bonds is 3. The minimum Gasteiger partial charge on any atom is -0.481 e. The number of carboxylic acid groups (broad SMARTS) is 1. The number of carbonyl (C=O) groups is 1. The van der Waals surface area contributed by atoms with Crippen LogP contribution in [0.3, 0.4) is 0 Å². The van der Waals surface area contributed by atoms with Crippen molar-refractivity contribution in [1.29, 1.82) is 0 Å². The molecule has 0 spiro atoms.